The van der Waals surface area contributed by atoms with Crippen LogP contribution in [-0.4, -0.2) is 10.5 Å². The number of nitrogens with zero attached hydrogens (tertiary/aromatic N) is 1. The lowest BCUT2D eigenvalue weighted by Gasteiger charge is -2.15. The van der Waals surface area contributed by atoms with E-state index in [1.807, 2.05) is 49.4 Å². The van der Waals surface area contributed by atoms with Gasteiger partial charge in [-0.2, -0.15) is 0 Å². The fourth-order valence-corrected chi connectivity index (χ4v) is 2.82. The zero-order valence-electron chi connectivity index (χ0n) is 13.6. The Balaban J connectivity index is 1.84. The third-order valence-corrected chi connectivity index (χ3v) is 4.14. The normalized spacial score (nSPS) is 12.4. The Kier molecular flexibility index (Phi) is 4.51. The molecule has 0 fully saturated rings. The predicted molar refractivity (Wildman–Crippen MR) is 91.4 cm³/mol. The summed E-state index contributed by atoms with van der Waals surface area (Å²) in [5.74, 6) is -0.0659. The van der Waals surface area contributed by atoms with Crippen LogP contribution in [0.15, 0.2) is 53.1 Å². The van der Waals surface area contributed by atoms with Crippen LogP contribution < -0.4 is 5.32 Å². The summed E-state index contributed by atoms with van der Waals surface area (Å²) in [6, 6.07) is 13.7. The van der Waals surface area contributed by atoms with Crippen molar-refractivity contribution in [2.24, 2.45) is 0 Å². The van der Waals surface area contributed by atoms with Gasteiger partial charge in [0, 0.05) is 18.7 Å². The SMILES string of the molecule is CCCCn1c(C(=O)N[C@H](C)c2ccccc2)cc2occc21. The van der Waals surface area contributed by atoms with Crippen molar-refractivity contribution in [2.75, 3.05) is 0 Å². The van der Waals surface area contributed by atoms with Gasteiger partial charge in [-0.3, -0.25) is 4.79 Å². The van der Waals surface area contributed by atoms with E-state index >= 15 is 0 Å². The number of unbranched alkanes of at least 4 members (excludes halogenated alkanes) is 1. The topological polar surface area (TPSA) is 47.2 Å². The molecule has 3 rings (SSSR count). The van der Waals surface area contributed by atoms with Gasteiger partial charge in [0.15, 0.2) is 5.58 Å². The number of rotatable bonds is 6. The number of carbonyl (C=O) groups is 1. The maximum absolute atomic E-state index is 12.7. The molecule has 2 heterocycles. The van der Waals surface area contributed by atoms with Crippen LogP contribution in [0.25, 0.3) is 11.1 Å². The van der Waals surface area contributed by atoms with Crippen molar-refractivity contribution in [3.05, 3.63) is 60.0 Å². The van der Waals surface area contributed by atoms with Crippen LogP contribution in [-0.2, 0) is 6.54 Å². The first-order chi connectivity index (χ1) is 11.2. The Bertz CT molecular complexity index is 786. The lowest BCUT2D eigenvalue weighted by molar-refractivity contribution is 0.0930. The molecule has 2 aromatic heterocycles. The number of aryl methyl sites for hydroxylation is 1. The van der Waals surface area contributed by atoms with Crippen molar-refractivity contribution < 1.29 is 9.21 Å². The number of carbonyl (C=O) groups excluding carboxylic acids is 1. The number of benzene rings is 1. The van der Waals surface area contributed by atoms with Gasteiger partial charge < -0.3 is 14.3 Å². The molecule has 4 heteroatoms. The number of hydrogen-bond acceptors (Lipinski definition) is 2. The van der Waals surface area contributed by atoms with Crippen LogP contribution in [0, 0.1) is 0 Å². The molecule has 3 aromatic rings. The van der Waals surface area contributed by atoms with Gasteiger partial charge in [-0.15, -0.1) is 0 Å². The summed E-state index contributed by atoms with van der Waals surface area (Å²) in [5, 5.41) is 3.08. The molecule has 120 valence electrons. The molecule has 0 spiro atoms. The van der Waals surface area contributed by atoms with Gasteiger partial charge in [-0.25, -0.2) is 0 Å². The second-order valence-corrected chi connectivity index (χ2v) is 5.81. The zero-order valence-corrected chi connectivity index (χ0v) is 13.6. The van der Waals surface area contributed by atoms with Crippen LogP contribution in [0.2, 0.25) is 0 Å². The summed E-state index contributed by atoms with van der Waals surface area (Å²) >= 11 is 0. The van der Waals surface area contributed by atoms with E-state index in [-0.39, 0.29) is 11.9 Å². The van der Waals surface area contributed by atoms with Crippen LogP contribution in [0.4, 0.5) is 0 Å². The van der Waals surface area contributed by atoms with Gasteiger partial charge in [0.1, 0.15) is 5.69 Å². The molecule has 1 atom stereocenters. The van der Waals surface area contributed by atoms with E-state index < -0.39 is 0 Å². The third kappa shape index (κ3) is 3.16. The lowest BCUT2D eigenvalue weighted by atomic mass is 10.1. The van der Waals surface area contributed by atoms with Crippen molar-refractivity contribution in [3.8, 4) is 0 Å². The summed E-state index contributed by atoms with van der Waals surface area (Å²) in [5.41, 5.74) is 3.50. The fourth-order valence-electron chi connectivity index (χ4n) is 2.82. The Labute approximate surface area is 136 Å². The average Bonchev–Trinajstić information content (AvgIpc) is 3.15. The molecule has 0 unspecified atom stereocenters. The first kappa shape index (κ1) is 15.4. The first-order valence-corrected chi connectivity index (χ1v) is 8.13. The van der Waals surface area contributed by atoms with E-state index in [0.717, 1.165) is 36.0 Å². The third-order valence-electron chi connectivity index (χ3n) is 4.14. The van der Waals surface area contributed by atoms with E-state index in [2.05, 4.69) is 16.8 Å². The molecule has 0 bridgehead atoms. The van der Waals surface area contributed by atoms with Crippen LogP contribution in [0.3, 0.4) is 0 Å². The highest BCUT2D eigenvalue weighted by Crippen LogP contribution is 2.22. The highest BCUT2D eigenvalue weighted by atomic mass is 16.3. The smallest absolute Gasteiger partial charge is 0.268 e. The molecule has 4 nitrogen and oxygen atoms in total. The molecular formula is C19H22N2O2. The van der Waals surface area contributed by atoms with Gasteiger partial charge in [-0.1, -0.05) is 43.7 Å². The largest absolute Gasteiger partial charge is 0.463 e. The number of amides is 1. The summed E-state index contributed by atoms with van der Waals surface area (Å²) in [4.78, 5) is 12.7. The molecular weight excluding hydrogens is 288 g/mol. The van der Waals surface area contributed by atoms with Crippen molar-refractivity contribution in [2.45, 2.75) is 39.3 Å². The van der Waals surface area contributed by atoms with E-state index in [1.54, 1.807) is 6.26 Å². The van der Waals surface area contributed by atoms with Crippen LogP contribution >= 0.6 is 0 Å². The van der Waals surface area contributed by atoms with E-state index in [1.165, 1.54) is 0 Å². The Morgan fingerprint density at radius 1 is 1.26 bits per heavy atom. The fraction of sp³-hybridized carbons (Fsp3) is 0.316. The molecule has 23 heavy (non-hydrogen) atoms. The first-order valence-electron chi connectivity index (χ1n) is 8.13. The highest BCUT2D eigenvalue weighted by Gasteiger charge is 2.19. The van der Waals surface area contributed by atoms with Gasteiger partial charge in [0.25, 0.3) is 5.91 Å². The number of nitrogens with one attached hydrogen (secondary N) is 1. The maximum Gasteiger partial charge on any atom is 0.268 e. The molecule has 0 saturated heterocycles. The Morgan fingerprint density at radius 2 is 2.04 bits per heavy atom. The minimum Gasteiger partial charge on any atom is -0.463 e. The molecule has 1 amide bonds. The molecule has 1 aromatic carbocycles. The summed E-state index contributed by atoms with van der Waals surface area (Å²) < 4.78 is 7.51. The number of hydrogen-bond donors (Lipinski definition) is 1. The summed E-state index contributed by atoms with van der Waals surface area (Å²) in [6.07, 6.45) is 3.78. The molecule has 0 aliphatic heterocycles. The van der Waals surface area contributed by atoms with Crippen molar-refractivity contribution in [1.29, 1.82) is 0 Å². The highest BCUT2D eigenvalue weighted by molar-refractivity contribution is 5.97. The average molecular weight is 310 g/mol. The molecule has 0 aliphatic rings. The van der Waals surface area contributed by atoms with Crippen molar-refractivity contribution in [1.82, 2.24) is 9.88 Å². The monoisotopic (exact) mass is 310 g/mol. The number of fused-ring (bicyclic) bond motifs is 1. The minimum atomic E-state index is -0.0659. The number of furan rings is 1. The van der Waals surface area contributed by atoms with Gasteiger partial charge >= 0.3 is 0 Å². The standard InChI is InChI=1S/C19H22N2O2/c1-3-4-11-21-16-10-12-23-18(16)13-17(21)19(22)20-14(2)15-8-6-5-7-9-15/h5-10,12-14H,3-4,11H2,1-2H3,(H,20,22)/t14-/m1/s1. The molecule has 0 radical (unpaired) electrons. The number of aromatic nitrogens is 1. The Hall–Kier alpha value is -2.49. The van der Waals surface area contributed by atoms with Gasteiger partial charge in [-0.05, 0) is 18.9 Å². The molecule has 0 saturated carbocycles. The minimum absolute atomic E-state index is 0.0375. The lowest BCUT2D eigenvalue weighted by Crippen LogP contribution is -2.28. The maximum atomic E-state index is 12.7. The van der Waals surface area contributed by atoms with Crippen LogP contribution in [0.5, 0.6) is 0 Å². The van der Waals surface area contributed by atoms with Crippen molar-refractivity contribution in [3.63, 3.8) is 0 Å². The molecule has 1 N–H and O–H groups in total. The predicted octanol–water partition coefficient (Wildman–Crippen LogP) is 4.53. The summed E-state index contributed by atoms with van der Waals surface area (Å²) in [6.45, 7) is 4.96. The van der Waals surface area contributed by atoms with Gasteiger partial charge in [0.2, 0.25) is 0 Å². The van der Waals surface area contributed by atoms with Crippen LogP contribution in [0.1, 0.15) is 48.8 Å². The van der Waals surface area contributed by atoms with E-state index in [9.17, 15) is 4.79 Å². The van der Waals surface area contributed by atoms with E-state index in [0.29, 0.717) is 5.69 Å². The quantitative estimate of drug-likeness (QED) is 0.727. The van der Waals surface area contributed by atoms with E-state index in [4.69, 9.17) is 4.42 Å². The van der Waals surface area contributed by atoms with Crippen molar-refractivity contribution >= 4 is 17.0 Å². The zero-order chi connectivity index (χ0) is 16.2. The second kappa shape index (κ2) is 6.73. The van der Waals surface area contributed by atoms with Gasteiger partial charge in [0.05, 0.1) is 17.8 Å². The Morgan fingerprint density at radius 3 is 2.78 bits per heavy atom. The second-order valence-electron chi connectivity index (χ2n) is 5.81. The molecule has 0 aliphatic carbocycles. The summed E-state index contributed by atoms with van der Waals surface area (Å²) in [7, 11) is 0.